The van der Waals surface area contributed by atoms with E-state index in [-0.39, 0.29) is 6.42 Å². The van der Waals surface area contributed by atoms with Crippen LogP contribution in [0.1, 0.15) is 53.4 Å². The number of esters is 4. The van der Waals surface area contributed by atoms with Crippen LogP contribution in [-0.4, -0.2) is 48.3 Å². The van der Waals surface area contributed by atoms with Gasteiger partial charge in [-0.25, -0.2) is 4.79 Å². The van der Waals surface area contributed by atoms with Crippen molar-refractivity contribution in [2.45, 2.75) is 77.8 Å². The minimum atomic E-state index is -1.09. The predicted molar refractivity (Wildman–Crippen MR) is 89.8 cm³/mol. The van der Waals surface area contributed by atoms with Gasteiger partial charge in [-0.1, -0.05) is 19.4 Å². The molecule has 146 valence electrons. The third-order valence-electron chi connectivity index (χ3n) is 3.71. The van der Waals surface area contributed by atoms with E-state index in [9.17, 15) is 19.2 Å². The van der Waals surface area contributed by atoms with E-state index in [2.05, 4.69) is 0 Å². The van der Waals surface area contributed by atoms with Crippen molar-refractivity contribution in [3.8, 4) is 0 Å². The quantitative estimate of drug-likeness (QED) is 0.447. The summed E-state index contributed by atoms with van der Waals surface area (Å²) in [6.45, 7) is 5.61. The van der Waals surface area contributed by atoms with Crippen LogP contribution in [-0.2, 0) is 38.1 Å². The van der Waals surface area contributed by atoms with Gasteiger partial charge in [-0.15, -0.1) is 0 Å². The molecule has 0 aliphatic carbocycles. The van der Waals surface area contributed by atoms with Gasteiger partial charge in [-0.05, 0) is 12.8 Å². The molecule has 0 saturated heterocycles. The normalized spacial score (nSPS) is 19.7. The Bertz CT molecular complexity index is 553. The molecule has 1 aliphatic rings. The minimum absolute atomic E-state index is 0.280. The molecule has 0 saturated carbocycles. The first-order valence-corrected chi connectivity index (χ1v) is 8.63. The van der Waals surface area contributed by atoms with Crippen molar-refractivity contribution in [1.82, 2.24) is 0 Å². The Morgan fingerprint density at radius 1 is 1.12 bits per heavy atom. The highest BCUT2D eigenvalue weighted by Gasteiger charge is 2.43. The average Bonchev–Trinajstić information content (AvgIpc) is 2.54. The van der Waals surface area contributed by atoms with Crippen LogP contribution < -0.4 is 0 Å². The molecule has 4 atom stereocenters. The van der Waals surface area contributed by atoms with Crippen LogP contribution >= 0.6 is 0 Å². The van der Waals surface area contributed by atoms with Crippen molar-refractivity contribution in [2.75, 3.05) is 0 Å². The lowest BCUT2D eigenvalue weighted by molar-refractivity contribution is -0.198. The molecule has 0 spiro atoms. The van der Waals surface area contributed by atoms with Crippen LogP contribution in [0.2, 0.25) is 0 Å². The van der Waals surface area contributed by atoms with Crippen LogP contribution in [0.3, 0.4) is 0 Å². The van der Waals surface area contributed by atoms with Gasteiger partial charge in [0.1, 0.15) is 12.2 Å². The Balaban J connectivity index is 3.18. The molecule has 8 nitrogen and oxygen atoms in total. The maximum absolute atomic E-state index is 11.6. The summed E-state index contributed by atoms with van der Waals surface area (Å²) >= 11 is 0. The van der Waals surface area contributed by atoms with Gasteiger partial charge in [0.2, 0.25) is 0 Å². The average molecular weight is 370 g/mol. The number of unbranched alkanes of at least 4 members (excludes halogenated alkanes) is 1. The molecule has 0 aromatic carbocycles. The first kappa shape index (κ1) is 21.7. The summed E-state index contributed by atoms with van der Waals surface area (Å²) < 4.78 is 21.2. The molecule has 0 N–H and O–H groups in total. The Labute approximate surface area is 152 Å². The third kappa shape index (κ3) is 7.25. The smallest absolute Gasteiger partial charge is 0.330 e. The molecule has 0 radical (unpaired) electrons. The zero-order chi connectivity index (χ0) is 19.7. The number of carbonyl (C=O) groups excluding carboxylic acids is 4. The van der Waals surface area contributed by atoms with E-state index in [1.807, 2.05) is 6.92 Å². The Morgan fingerprint density at radius 3 is 2.23 bits per heavy atom. The number of carbonyl (C=O) groups is 4. The summed E-state index contributed by atoms with van der Waals surface area (Å²) in [6.07, 6.45) is 1.21. The molecule has 1 aliphatic heterocycles. The van der Waals surface area contributed by atoms with Gasteiger partial charge in [0.25, 0.3) is 0 Å². The number of cyclic esters (lactones) is 1. The van der Waals surface area contributed by atoms with Gasteiger partial charge in [0, 0.05) is 33.3 Å². The lowest BCUT2D eigenvalue weighted by Gasteiger charge is -2.36. The van der Waals surface area contributed by atoms with Gasteiger partial charge in [0.05, 0.1) is 0 Å². The van der Waals surface area contributed by atoms with Crippen molar-refractivity contribution in [3.05, 3.63) is 12.2 Å². The van der Waals surface area contributed by atoms with Crippen molar-refractivity contribution >= 4 is 23.9 Å². The van der Waals surface area contributed by atoms with Gasteiger partial charge in [-0.3, -0.25) is 14.4 Å². The van der Waals surface area contributed by atoms with E-state index in [0.29, 0.717) is 12.8 Å². The summed E-state index contributed by atoms with van der Waals surface area (Å²) in [4.78, 5) is 46.3. The number of ether oxygens (including phenoxy) is 4. The Kier molecular flexibility index (Phi) is 8.81. The second-order valence-corrected chi connectivity index (χ2v) is 6.05. The molecule has 0 aromatic rings. The predicted octanol–water partition coefficient (Wildman–Crippen LogP) is 1.84. The summed E-state index contributed by atoms with van der Waals surface area (Å²) in [7, 11) is 0. The molecule has 8 heteroatoms. The maximum Gasteiger partial charge on any atom is 0.330 e. The van der Waals surface area contributed by atoms with Gasteiger partial charge < -0.3 is 18.9 Å². The summed E-state index contributed by atoms with van der Waals surface area (Å²) in [5.41, 5.74) is 0. The molecule has 1 rings (SSSR count). The first-order chi connectivity index (χ1) is 12.2. The van der Waals surface area contributed by atoms with E-state index < -0.39 is 48.3 Å². The largest absolute Gasteiger partial charge is 0.458 e. The first-order valence-electron chi connectivity index (χ1n) is 8.63. The standard InChI is InChI=1S/C18H26O8/c1-5-6-8-14(23-11(2)19)17(24-12(3)20)18(25-13(4)21)15-9-7-10-16(22)26-15/h7,10,14-15,17-18H,5-6,8-9H2,1-4H3/t14-,15-,17-,18-/m1/s1. The molecule has 1 heterocycles. The van der Waals surface area contributed by atoms with E-state index >= 15 is 0 Å². The monoisotopic (exact) mass is 370 g/mol. The fourth-order valence-electron chi connectivity index (χ4n) is 2.74. The summed E-state index contributed by atoms with van der Waals surface area (Å²) in [5.74, 6) is -2.39. The minimum Gasteiger partial charge on any atom is -0.458 e. The fourth-order valence-corrected chi connectivity index (χ4v) is 2.74. The second-order valence-electron chi connectivity index (χ2n) is 6.05. The zero-order valence-corrected chi connectivity index (χ0v) is 15.6. The molecule has 26 heavy (non-hydrogen) atoms. The molecule has 0 amide bonds. The topological polar surface area (TPSA) is 105 Å². The van der Waals surface area contributed by atoms with E-state index in [1.54, 1.807) is 6.08 Å². The molecular formula is C18H26O8. The lowest BCUT2D eigenvalue weighted by Crippen LogP contribution is -2.51. The second kappa shape index (κ2) is 10.6. The molecular weight excluding hydrogens is 344 g/mol. The fraction of sp³-hybridized carbons (Fsp3) is 0.667. The molecule has 0 bridgehead atoms. The lowest BCUT2D eigenvalue weighted by atomic mass is 9.95. The Hall–Kier alpha value is -2.38. The van der Waals surface area contributed by atoms with Crippen LogP contribution in [0.5, 0.6) is 0 Å². The highest BCUT2D eigenvalue weighted by Crippen LogP contribution is 2.25. The number of rotatable bonds is 9. The summed E-state index contributed by atoms with van der Waals surface area (Å²) in [6, 6.07) is 0. The van der Waals surface area contributed by atoms with Crippen LogP contribution in [0.4, 0.5) is 0 Å². The van der Waals surface area contributed by atoms with Crippen LogP contribution in [0.25, 0.3) is 0 Å². The van der Waals surface area contributed by atoms with E-state index in [0.717, 1.165) is 6.42 Å². The maximum atomic E-state index is 11.6. The highest BCUT2D eigenvalue weighted by molar-refractivity contribution is 5.82. The van der Waals surface area contributed by atoms with Gasteiger partial charge in [-0.2, -0.15) is 0 Å². The van der Waals surface area contributed by atoms with Crippen molar-refractivity contribution in [3.63, 3.8) is 0 Å². The zero-order valence-electron chi connectivity index (χ0n) is 15.6. The van der Waals surface area contributed by atoms with Crippen molar-refractivity contribution in [2.24, 2.45) is 0 Å². The van der Waals surface area contributed by atoms with E-state index in [4.69, 9.17) is 18.9 Å². The molecule has 0 unspecified atom stereocenters. The Morgan fingerprint density at radius 2 is 1.73 bits per heavy atom. The van der Waals surface area contributed by atoms with Gasteiger partial charge >= 0.3 is 23.9 Å². The SMILES string of the molecule is CCCC[C@@H](OC(C)=O)[C@@H](OC(C)=O)[C@H](OC(C)=O)[C@H]1CC=CC(=O)O1. The molecule has 0 fully saturated rings. The highest BCUT2D eigenvalue weighted by atomic mass is 16.6. The van der Waals surface area contributed by atoms with Gasteiger partial charge in [0.15, 0.2) is 12.2 Å². The van der Waals surface area contributed by atoms with Crippen molar-refractivity contribution < 1.29 is 38.1 Å². The third-order valence-corrected chi connectivity index (χ3v) is 3.71. The number of hydrogen-bond acceptors (Lipinski definition) is 8. The number of hydrogen-bond donors (Lipinski definition) is 0. The van der Waals surface area contributed by atoms with E-state index in [1.165, 1.54) is 26.8 Å². The summed E-state index contributed by atoms with van der Waals surface area (Å²) in [5, 5.41) is 0. The van der Waals surface area contributed by atoms with Crippen LogP contribution in [0, 0.1) is 0 Å². The van der Waals surface area contributed by atoms with Crippen LogP contribution in [0.15, 0.2) is 12.2 Å². The molecule has 0 aromatic heterocycles. The van der Waals surface area contributed by atoms with Crippen molar-refractivity contribution in [1.29, 1.82) is 0 Å².